The van der Waals surface area contributed by atoms with E-state index in [9.17, 15) is 22.4 Å². The summed E-state index contributed by atoms with van der Waals surface area (Å²) in [6, 6.07) is 6.13. The van der Waals surface area contributed by atoms with Gasteiger partial charge in [-0.15, -0.1) is 0 Å². The zero-order valence-corrected chi connectivity index (χ0v) is 19.9. The summed E-state index contributed by atoms with van der Waals surface area (Å²) >= 11 is 0. The third-order valence-corrected chi connectivity index (χ3v) is 6.87. The third-order valence-electron chi connectivity index (χ3n) is 6.87. The number of amides is 1. The van der Waals surface area contributed by atoms with Crippen LogP contribution in [0.15, 0.2) is 49.3 Å². The molecule has 1 aromatic heterocycles. The summed E-state index contributed by atoms with van der Waals surface area (Å²) < 4.78 is 65.1. The first kappa shape index (κ1) is 24.8. The maximum absolute atomic E-state index is 13.7. The highest BCUT2D eigenvalue weighted by Gasteiger charge is 2.43. The highest BCUT2D eigenvalue weighted by Crippen LogP contribution is 2.41. The van der Waals surface area contributed by atoms with Crippen LogP contribution in [0.1, 0.15) is 31.2 Å². The number of ether oxygens (including phenoxy) is 2. The van der Waals surface area contributed by atoms with Gasteiger partial charge < -0.3 is 19.7 Å². The summed E-state index contributed by atoms with van der Waals surface area (Å²) in [5, 5.41) is 3.32. The van der Waals surface area contributed by atoms with Crippen LogP contribution in [0.4, 0.5) is 29.1 Å². The minimum absolute atomic E-state index is 0.0165. The molecule has 11 heteroatoms. The van der Waals surface area contributed by atoms with Gasteiger partial charge in [0.1, 0.15) is 24.1 Å². The highest BCUT2D eigenvalue weighted by atomic mass is 19.4. The van der Waals surface area contributed by atoms with E-state index in [-0.39, 0.29) is 35.6 Å². The van der Waals surface area contributed by atoms with E-state index in [0.29, 0.717) is 41.3 Å². The van der Waals surface area contributed by atoms with Crippen molar-refractivity contribution in [3.8, 4) is 11.5 Å². The van der Waals surface area contributed by atoms with Crippen molar-refractivity contribution in [1.29, 1.82) is 0 Å². The zero-order chi connectivity index (χ0) is 26.3. The molecule has 0 spiro atoms. The second-order valence-electron chi connectivity index (χ2n) is 9.11. The maximum atomic E-state index is 13.7. The Labute approximate surface area is 210 Å². The number of nitrogens with zero attached hydrogens (tertiary/aromatic N) is 3. The first-order valence-electron chi connectivity index (χ1n) is 11.8. The van der Waals surface area contributed by atoms with Crippen LogP contribution in [0, 0.1) is 5.82 Å². The average molecular weight is 516 g/mol. The Kier molecular flexibility index (Phi) is 6.38. The van der Waals surface area contributed by atoms with Gasteiger partial charge in [0.25, 0.3) is 0 Å². The average Bonchev–Trinajstić information content (AvgIpc) is 3.14. The van der Waals surface area contributed by atoms with Gasteiger partial charge in [0, 0.05) is 42.1 Å². The predicted molar refractivity (Wildman–Crippen MR) is 128 cm³/mol. The fourth-order valence-electron chi connectivity index (χ4n) is 5.24. The second-order valence-corrected chi connectivity index (χ2v) is 9.11. The molecule has 3 aromatic rings. The van der Waals surface area contributed by atoms with Gasteiger partial charge in [-0.25, -0.2) is 14.4 Å². The molecule has 3 atom stereocenters. The normalized spacial score (nSPS) is 21.1. The van der Waals surface area contributed by atoms with Crippen LogP contribution < -0.4 is 14.8 Å². The summed E-state index contributed by atoms with van der Waals surface area (Å²) in [5.74, 6) is -0.341. The summed E-state index contributed by atoms with van der Waals surface area (Å²) in [4.78, 5) is 22.6. The number of anilines is 2. The molecule has 1 unspecified atom stereocenters. The Bertz CT molecular complexity index is 1350. The fourth-order valence-corrected chi connectivity index (χ4v) is 5.24. The van der Waals surface area contributed by atoms with Crippen molar-refractivity contribution >= 4 is 28.3 Å². The number of piperidine rings is 1. The lowest BCUT2D eigenvalue weighted by atomic mass is 9.99. The molecule has 2 aliphatic rings. The van der Waals surface area contributed by atoms with Crippen molar-refractivity contribution in [2.45, 2.75) is 50.0 Å². The molecule has 2 aliphatic heterocycles. The van der Waals surface area contributed by atoms with E-state index in [0.717, 1.165) is 18.9 Å². The van der Waals surface area contributed by atoms with Crippen LogP contribution >= 0.6 is 0 Å². The molecular weight excluding hydrogens is 492 g/mol. The largest absolute Gasteiger partial charge is 0.493 e. The number of rotatable bonds is 6. The van der Waals surface area contributed by atoms with Crippen molar-refractivity contribution in [3.63, 3.8) is 0 Å². The number of hydrogen-bond donors (Lipinski definition) is 1. The number of aromatic nitrogens is 2. The lowest BCUT2D eigenvalue weighted by Gasteiger charge is -2.38. The van der Waals surface area contributed by atoms with Gasteiger partial charge in [-0.1, -0.05) is 6.58 Å². The molecule has 194 valence electrons. The van der Waals surface area contributed by atoms with Crippen molar-refractivity contribution in [2.75, 3.05) is 12.4 Å². The second kappa shape index (κ2) is 9.53. The predicted octanol–water partition coefficient (Wildman–Crippen LogP) is 5.63. The number of alkyl halides is 3. The van der Waals surface area contributed by atoms with E-state index in [2.05, 4.69) is 21.9 Å². The van der Waals surface area contributed by atoms with E-state index in [1.165, 1.54) is 25.6 Å². The van der Waals surface area contributed by atoms with Gasteiger partial charge in [-0.05, 0) is 43.2 Å². The standard InChI is InChI=1S/C26H24F4N4O3/c1-3-24(35)34-15-5-6-16(34)10-17(9-15)37-23-11-18-21(12-22(23)36-2)31-13-32-25(18)33-14-4-7-20(27)19(8-14)26(28,29)30/h3-4,7-8,11-13,15-17H,1,5-6,9-10H2,2H3,(H,31,32,33)/t15-,16+,17?. The third kappa shape index (κ3) is 4.77. The molecule has 0 radical (unpaired) electrons. The summed E-state index contributed by atoms with van der Waals surface area (Å²) in [6.45, 7) is 3.60. The SMILES string of the molecule is C=CC(=O)N1[C@@H]2CC[C@H]1CC(Oc1cc3c(Nc4ccc(F)c(C(F)(F)F)c4)ncnc3cc1OC)C2. The highest BCUT2D eigenvalue weighted by molar-refractivity contribution is 5.93. The topological polar surface area (TPSA) is 76.6 Å². The van der Waals surface area contributed by atoms with Gasteiger partial charge >= 0.3 is 6.18 Å². The quantitative estimate of drug-likeness (QED) is 0.338. The number of carbonyl (C=O) groups excluding carboxylic acids is 1. The van der Waals surface area contributed by atoms with Gasteiger partial charge in [0.05, 0.1) is 18.2 Å². The van der Waals surface area contributed by atoms with Crippen LogP contribution in [0.2, 0.25) is 0 Å². The van der Waals surface area contributed by atoms with Crippen molar-refractivity contribution in [1.82, 2.24) is 14.9 Å². The van der Waals surface area contributed by atoms with Crippen molar-refractivity contribution in [3.05, 3.63) is 60.7 Å². The molecule has 3 heterocycles. The molecule has 0 aliphatic carbocycles. The Morgan fingerprint density at radius 3 is 2.51 bits per heavy atom. The fraction of sp³-hybridized carbons (Fsp3) is 0.346. The van der Waals surface area contributed by atoms with Crippen molar-refractivity contribution in [2.24, 2.45) is 0 Å². The molecule has 1 amide bonds. The van der Waals surface area contributed by atoms with E-state index in [1.54, 1.807) is 12.1 Å². The Morgan fingerprint density at radius 1 is 1.14 bits per heavy atom. The monoisotopic (exact) mass is 516 g/mol. The number of methoxy groups -OCH3 is 1. The number of hydrogen-bond acceptors (Lipinski definition) is 6. The maximum Gasteiger partial charge on any atom is 0.419 e. The van der Waals surface area contributed by atoms with E-state index in [1.807, 2.05) is 4.90 Å². The minimum Gasteiger partial charge on any atom is -0.493 e. The van der Waals surface area contributed by atoms with E-state index < -0.39 is 17.6 Å². The lowest BCUT2D eigenvalue weighted by molar-refractivity contribution is -0.140. The number of benzene rings is 2. The molecule has 2 aromatic carbocycles. The number of carbonyl (C=O) groups is 1. The van der Waals surface area contributed by atoms with Crippen LogP contribution in [0.25, 0.3) is 10.9 Å². The first-order valence-corrected chi connectivity index (χ1v) is 11.8. The number of nitrogens with one attached hydrogen (secondary N) is 1. The number of fused-ring (bicyclic) bond motifs is 3. The van der Waals surface area contributed by atoms with Gasteiger partial charge in [-0.2, -0.15) is 13.2 Å². The smallest absolute Gasteiger partial charge is 0.419 e. The Hall–Kier alpha value is -3.89. The lowest BCUT2D eigenvalue weighted by Crippen LogP contribution is -2.48. The Balaban J connectivity index is 1.44. The summed E-state index contributed by atoms with van der Waals surface area (Å²) in [7, 11) is 1.50. The molecule has 7 nitrogen and oxygen atoms in total. The molecule has 5 rings (SSSR count). The van der Waals surface area contributed by atoms with E-state index >= 15 is 0 Å². The van der Waals surface area contributed by atoms with Gasteiger partial charge in [0.15, 0.2) is 11.5 Å². The molecule has 1 N–H and O–H groups in total. The Morgan fingerprint density at radius 2 is 1.86 bits per heavy atom. The molecule has 2 bridgehead atoms. The molecular formula is C26H24F4N4O3. The van der Waals surface area contributed by atoms with Gasteiger partial charge in [-0.3, -0.25) is 4.79 Å². The molecule has 2 saturated heterocycles. The van der Waals surface area contributed by atoms with Crippen molar-refractivity contribution < 1.29 is 31.8 Å². The van der Waals surface area contributed by atoms with Gasteiger partial charge in [0.2, 0.25) is 5.91 Å². The summed E-state index contributed by atoms with van der Waals surface area (Å²) in [6.07, 6.45) is 0.721. The number of halogens is 4. The van der Waals surface area contributed by atoms with Crippen LogP contribution in [0.3, 0.4) is 0 Å². The van der Waals surface area contributed by atoms with Crippen LogP contribution in [-0.2, 0) is 11.0 Å². The molecule has 0 saturated carbocycles. The molecule has 2 fully saturated rings. The first-order chi connectivity index (χ1) is 17.7. The van der Waals surface area contributed by atoms with Crippen LogP contribution in [-0.4, -0.2) is 46.1 Å². The van der Waals surface area contributed by atoms with Crippen LogP contribution in [0.5, 0.6) is 11.5 Å². The summed E-state index contributed by atoms with van der Waals surface area (Å²) in [5.41, 5.74) is -0.883. The molecule has 37 heavy (non-hydrogen) atoms. The minimum atomic E-state index is -4.84. The zero-order valence-electron chi connectivity index (χ0n) is 19.9. The van der Waals surface area contributed by atoms with E-state index in [4.69, 9.17) is 9.47 Å².